The molecule has 1 heterocycles. The van der Waals surface area contributed by atoms with Gasteiger partial charge in [0.25, 0.3) is 5.91 Å². The first-order chi connectivity index (χ1) is 19.1. The molecule has 1 aliphatic rings. The van der Waals surface area contributed by atoms with Crippen LogP contribution in [0.3, 0.4) is 0 Å². The lowest BCUT2D eigenvalue weighted by Gasteiger charge is -2.24. The van der Waals surface area contributed by atoms with Gasteiger partial charge in [-0.15, -0.1) is 0 Å². The number of benzene rings is 1. The molecule has 15 heteroatoms. The number of alkyl carbamates (subject to hydrolysis) is 1. The van der Waals surface area contributed by atoms with Crippen LogP contribution in [-0.2, 0) is 35.3 Å². The number of hydrogen-bond acceptors (Lipinski definition) is 9. The molecular weight excluding hydrogens is 526 g/mol. The zero-order valence-corrected chi connectivity index (χ0v) is 22.2. The van der Waals surface area contributed by atoms with Crippen LogP contribution in [-0.4, -0.2) is 78.1 Å². The summed E-state index contributed by atoms with van der Waals surface area (Å²) in [5, 5.41) is 21.9. The van der Waals surface area contributed by atoms with Crippen molar-refractivity contribution in [3.05, 3.63) is 35.9 Å². The number of hydrazine groups is 1. The Labute approximate surface area is 231 Å². The second kappa shape index (κ2) is 16.7. The maximum Gasteiger partial charge on any atom is 0.407 e. The van der Waals surface area contributed by atoms with E-state index in [1.807, 2.05) is 35.8 Å². The van der Waals surface area contributed by atoms with Crippen molar-refractivity contribution in [2.45, 2.75) is 69.8 Å². The smallest absolute Gasteiger partial charge is 0.407 e. The van der Waals surface area contributed by atoms with Crippen molar-refractivity contribution in [2.24, 2.45) is 5.84 Å². The van der Waals surface area contributed by atoms with E-state index in [4.69, 9.17) is 10.6 Å². The number of hydrogen-bond donors (Lipinski definition) is 8. The van der Waals surface area contributed by atoms with Crippen LogP contribution >= 0.6 is 0 Å². The average molecular weight is 564 g/mol. The van der Waals surface area contributed by atoms with E-state index in [1.165, 1.54) is 6.92 Å². The molecule has 6 amide bonds. The van der Waals surface area contributed by atoms with Gasteiger partial charge in [0, 0.05) is 13.0 Å². The van der Waals surface area contributed by atoms with E-state index in [2.05, 4.69) is 26.6 Å². The summed E-state index contributed by atoms with van der Waals surface area (Å²) >= 11 is 0. The van der Waals surface area contributed by atoms with E-state index in [0.717, 1.165) is 5.56 Å². The number of rotatable bonds is 15. The van der Waals surface area contributed by atoms with Gasteiger partial charge in [-0.3, -0.25) is 29.4 Å². The maximum absolute atomic E-state index is 12.9. The van der Waals surface area contributed by atoms with Crippen LogP contribution in [0.15, 0.2) is 30.3 Å². The first-order valence-corrected chi connectivity index (χ1v) is 12.9. The summed E-state index contributed by atoms with van der Waals surface area (Å²) in [5.74, 6) is 2.02. The lowest BCUT2D eigenvalue weighted by atomic mass is 10.1. The lowest BCUT2D eigenvalue weighted by Crippen LogP contribution is -2.58. The molecule has 0 spiro atoms. The number of unbranched alkanes of at least 4 members (excludes halogenated alkanes) is 1. The Morgan fingerprint density at radius 3 is 2.35 bits per heavy atom. The van der Waals surface area contributed by atoms with Crippen molar-refractivity contribution >= 4 is 35.6 Å². The molecule has 0 aromatic heterocycles. The fourth-order valence-corrected chi connectivity index (χ4v) is 3.76. The molecule has 0 bridgehead atoms. The molecular formula is C25H37N7O8. The lowest BCUT2D eigenvalue weighted by molar-refractivity contribution is -0.134. The fourth-order valence-electron chi connectivity index (χ4n) is 3.76. The molecule has 220 valence electrons. The molecule has 15 nitrogen and oxygen atoms in total. The highest BCUT2D eigenvalue weighted by Crippen LogP contribution is 2.07. The van der Waals surface area contributed by atoms with Crippen LogP contribution in [0.1, 0.15) is 44.6 Å². The third kappa shape index (κ3) is 10.9. The second-order valence-corrected chi connectivity index (χ2v) is 9.19. The summed E-state index contributed by atoms with van der Waals surface area (Å²) < 4.78 is 5.14. The summed E-state index contributed by atoms with van der Waals surface area (Å²) in [5.41, 5.74) is 2.67. The highest BCUT2D eigenvalue weighted by atomic mass is 16.5. The van der Waals surface area contributed by atoms with Gasteiger partial charge in [-0.05, 0) is 38.2 Å². The third-order valence-corrected chi connectivity index (χ3v) is 6.06. The van der Waals surface area contributed by atoms with Gasteiger partial charge < -0.3 is 36.4 Å². The van der Waals surface area contributed by atoms with Crippen LogP contribution in [0.5, 0.6) is 0 Å². The predicted octanol–water partition coefficient (Wildman–Crippen LogP) is -2.18. The van der Waals surface area contributed by atoms with Crippen molar-refractivity contribution in [2.75, 3.05) is 13.2 Å². The molecule has 0 unspecified atom stereocenters. The number of nitrogens with two attached hydrogens (primary N) is 1. The molecule has 1 saturated heterocycles. The van der Waals surface area contributed by atoms with Gasteiger partial charge in [-0.2, -0.15) is 0 Å². The van der Waals surface area contributed by atoms with Crippen LogP contribution in [0.4, 0.5) is 4.79 Å². The Hall–Kier alpha value is -4.24. The van der Waals surface area contributed by atoms with Gasteiger partial charge in [0.2, 0.25) is 23.6 Å². The molecule has 0 radical (unpaired) electrons. The molecule has 40 heavy (non-hydrogen) atoms. The molecule has 1 aromatic rings. The van der Waals surface area contributed by atoms with Crippen LogP contribution in [0, 0.1) is 0 Å². The number of nitrogens with one attached hydrogen (secondary N) is 6. The average Bonchev–Trinajstić information content (AvgIpc) is 3.40. The Morgan fingerprint density at radius 2 is 1.73 bits per heavy atom. The second-order valence-electron chi connectivity index (χ2n) is 9.19. The topological polar surface area (TPSA) is 230 Å². The van der Waals surface area contributed by atoms with Gasteiger partial charge in [-0.1, -0.05) is 30.3 Å². The Bertz CT molecular complexity index is 1040. The number of amides is 6. The van der Waals surface area contributed by atoms with E-state index in [9.17, 15) is 33.9 Å². The zero-order valence-electron chi connectivity index (χ0n) is 22.2. The van der Waals surface area contributed by atoms with Gasteiger partial charge in [0.05, 0.1) is 6.61 Å². The van der Waals surface area contributed by atoms with Gasteiger partial charge in [-0.25, -0.2) is 10.6 Å². The minimum absolute atomic E-state index is 0.111. The minimum Gasteiger partial charge on any atom is -0.445 e. The summed E-state index contributed by atoms with van der Waals surface area (Å²) in [6.07, 6.45) is 0.833. The molecule has 2 rings (SSSR count). The first-order valence-electron chi connectivity index (χ1n) is 12.9. The molecule has 1 aliphatic heterocycles. The maximum atomic E-state index is 12.9. The van der Waals surface area contributed by atoms with Gasteiger partial charge in [0.15, 0.2) is 0 Å². The summed E-state index contributed by atoms with van der Waals surface area (Å²) in [7, 11) is 0. The highest BCUT2D eigenvalue weighted by Gasteiger charge is 2.31. The van der Waals surface area contributed by atoms with Gasteiger partial charge in [0.1, 0.15) is 30.8 Å². The normalized spacial score (nSPS) is 16.5. The van der Waals surface area contributed by atoms with E-state index in [0.29, 0.717) is 19.3 Å². The largest absolute Gasteiger partial charge is 0.445 e. The van der Waals surface area contributed by atoms with Gasteiger partial charge >= 0.3 is 6.09 Å². The quantitative estimate of drug-likeness (QED) is 0.0501. The molecule has 0 saturated carbocycles. The van der Waals surface area contributed by atoms with E-state index in [1.54, 1.807) is 0 Å². The molecule has 0 aliphatic carbocycles. The Kier molecular flexibility index (Phi) is 13.3. The van der Waals surface area contributed by atoms with Crippen molar-refractivity contribution in [1.82, 2.24) is 32.0 Å². The third-order valence-electron chi connectivity index (χ3n) is 6.06. The number of carbonyl (C=O) groups is 6. The van der Waals surface area contributed by atoms with E-state index in [-0.39, 0.29) is 31.9 Å². The summed E-state index contributed by atoms with van der Waals surface area (Å²) in [6, 6.07) is 4.89. The number of carbonyl (C=O) groups excluding carboxylic acids is 6. The Morgan fingerprint density at radius 1 is 1.02 bits per heavy atom. The molecule has 4 atom stereocenters. The number of aliphatic hydroxyl groups excluding tert-OH is 1. The summed E-state index contributed by atoms with van der Waals surface area (Å²) in [4.78, 5) is 73.0. The first kappa shape index (κ1) is 32.0. The van der Waals surface area contributed by atoms with Crippen LogP contribution in [0.2, 0.25) is 0 Å². The van der Waals surface area contributed by atoms with Crippen molar-refractivity contribution in [3.8, 4) is 0 Å². The number of ether oxygens (including phenoxy) is 1. The van der Waals surface area contributed by atoms with Crippen LogP contribution < -0.4 is 37.9 Å². The van der Waals surface area contributed by atoms with Crippen molar-refractivity contribution in [3.63, 3.8) is 0 Å². The molecule has 9 N–H and O–H groups in total. The molecule has 1 aromatic carbocycles. The standard InChI is InChI=1S/C25H37N7O8/c1-15(28-22(36)18-10-11-20(34)29-18)21(35)30-17(23(37)31-19(13-33)24(38)32-26)9-5-6-12-27-25(39)40-14-16-7-3-2-4-8-16/h2-4,7-8,15,17-19,33H,5-6,9-14,26H2,1H3,(H,27,39)(H,28,36)(H,29,34)(H,30,35)(H,31,37)(H,32,38)/t15-,17-,18-,19-/m0/s1. The number of aliphatic hydroxyl groups is 1. The van der Waals surface area contributed by atoms with E-state index < -0.39 is 60.5 Å². The summed E-state index contributed by atoms with van der Waals surface area (Å²) in [6.45, 7) is 1.04. The SMILES string of the molecule is C[C@H](NC(=O)[C@@H]1CCC(=O)N1)C(=O)N[C@@H](CCCCNC(=O)OCc1ccccc1)C(=O)N[C@@H](CO)C(=O)NN. The predicted molar refractivity (Wildman–Crippen MR) is 141 cm³/mol. The Balaban J connectivity index is 1.87. The molecule has 1 fully saturated rings. The highest BCUT2D eigenvalue weighted by molar-refractivity contribution is 5.96. The van der Waals surface area contributed by atoms with Crippen LogP contribution in [0.25, 0.3) is 0 Å². The van der Waals surface area contributed by atoms with Crippen molar-refractivity contribution in [1.29, 1.82) is 0 Å². The monoisotopic (exact) mass is 563 g/mol. The van der Waals surface area contributed by atoms with Crippen molar-refractivity contribution < 1.29 is 38.6 Å². The zero-order chi connectivity index (χ0) is 29.5. The minimum atomic E-state index is -1.35. The fraction of sp³-hybridized carbons (Fsp3) is 0.520. The van der Waals surface area contributed by atoms with E-state index >= 15 is 0 Å².